The lowest BCUT2D eigenvalue weighted by molar-refractivity contribution is 0.398. The average molecular weight is 280 g/mol. The zero-order valence-electron chi connectivity index (χ0n) is 11.7. The number of anilines is 1. The minimum Gasteiger partial charge on any atom is -0.481 e. The Kier molecular flexibility index (Phi) is 3.82. The Bertz CT molecular complexity index is 710. The summed E-state index contributed by atoms with van der Waals surface area (Å²) in [4.78, 5) is 4.34. The zero-order chi connectivity index (χ0) is 14.5. The van der Waals surface area contributed by atoms with Crippen molar-refractivity contribution in [1.29, 1.82) is 0 Å². The van der Waals surface area contributed by atoms with Crippen molar-refractivity contribution >= 4 is 5.82 Å². The number of nitrogens with zero attached hydrogens (tertiary/aromatic N) is 3. The van der Waals surface area contributed by atoms with Gasteiger partial charge in [0.05, 0.1) is 12.8 Å². The maximum atomic E-state index is 5.12. The lowest BCUT2D eigenvalue weighted by Crippen LogP contribution is -2.06. The van der Waals surface area contributed by atoms with Crippen LogP contribution in [-0.4, -0.2) is 21.9 Å². The van der Waals surface area contributed by atoms with Crippen LogP contribution in [0.1, 0.15) is 5.56 Å². The molecule has 106 valence electrons. The number of aromatic nitrogens is 3. The van der Waals surface area contributed by atoms with Gasteiger partial charge in [0, 0.05) is 25.0 Å². The molecule has 1 N–H and O–H groups in total. The molecule has 5 heteroatoms. The molecule has 0 spiro atoms. The largest absolute Gasteiger partial charge is 0.481 e. The van der Waals surface area contributed by atoms with Gasteiger partial charge >= 0.3 is 0 Å². The molecule has 0 saturated carbocycles. The van der Waals surface area contributed by atoms with Gasteiger partial charge in [0.1, 0.15) is 5.82 Å². The van der Waals surface area contributed by atoms with Crippen LogP contribution < -0.4 is 10.1 Å². The van der Waals surface area contributed by atoms with Crippen molar-refractivity contribution in [2.75, 3.05) is 12.4 Å². The number of nitrogens with one attached hydrogen (secondary N) is 1. The molecule has 0 aliphatic carbocycles. The van der Waals surface area contributed by atoms with E-state index in [1.54, 1.807) is 13.3 Å². The molecule has 0 aliphatic rings. The van der Waals surface area contributed by atoms with Crippen molar-refractivity contribution in [3.8, 4) is 11.6 Å². The number of ether oxygens (including phenoxy) is 1. The Balaban J connectivity index is 1.79. The average Bonchev–Trinajstić information content (AvgIpc) is 3.08. The standard InChI is InChI=1S/C16H16N4O/c1-21-16-9-4-8-15(19-16)17-12-13-6-2-3-7-14(13)20-11-5-10-18-20/h2-11H,12H2,1H3,(H,17,19). The van der Waals surface area contributed by atoms with Gasteiger partial charge in [0.15, 0.2) is 0 Å². The fraction of sp³-hybridized carbons (Fsp3) is 0.125. The molecule has 0 saturated heterocycles. The monoisotopic (exact) mass is 280 g/mol. The molecule has 0 radical (unpaired) electrons. The van der Waals surface area contributed by atoms with Gasteiger partial charge in [-0.15, -0.1) is 0 Å². The number of pyridine rings is 1. The number of hydrogen-bond acceptors (Lipinski definition) is 4. The molecule has 1 aromatic carbocycles. The summed E-state index contributed by atoms with van der Waals surface area (Å²) >= 11 is 0. The van der Waals surface area contributed by atoms with Crippen LogP contribution in [0.4, 0.5) is 5.82 Å². The maximum Gasteiger partial charge on any atom is 0.214 e. The van der Waals surface area contributed by atoms with Crippen molar-refractivity contribution in [3.05, 3.63) is 66.5 Å². The quantitative estimate of drug-likeness (QED) is 0.780. The van der Waals surface area contributed by atoms with Crippen molar-refractivity contribution in [1.82, 2.24) is 14.8 Å². The molecule has 0 amide bonds. The zero-order valence-corrected chi connectivity index (χ0v) is 11.7. The van der Waals surface area contributed by atoms with E-state index in [9.17, 15) is 0 Å². The first-order valence-corrected chi connectivity index (χ1v) is 6.69. The molecule has 5 nitrogen and oxygen atoms in total. The molecule has 0 bridgehead atoms. The van der Waals surface area contributed by atoms with Crippen LogP contribution in [-0.2, 0) is 6.54 Å². The van der Waals surface area contributed by atoms with Gasteiger partial charge in [-0.3, -0.25) is 0 Å². The van der Waals surface area contributed by atoms with Crippen molar-refractivity contribution in [2.45, 2.75) is 6.54 Å². The van der Waals surface area contributed by atoms with Gasteiger partial charge in [-0.05, 0) is 23.8 Å². The molecule has 3 aromatic rings. The van der Waals surface area contributed by atoms with E-state index in [0.717, 1.165) is 17.1 Å². The highest BCUT2D eigenvalue weighted by Gasteiger charge is 2.04. The maximum absolute atomic E-state index is 5.12. The smallest absolute Gasteiger partial charge is 0.214 e. The molecule has 2 heterocycles. The predicted octanol–water partition coefficient (Wildman–Crippen LogP) is 2.89. The highest BCUT2D eigenvalue weighted by molar-refractivity contribution is 5.44. The number of hydrogen-bond donors (Lipinski definition) is 1. The second-order valence-electron chi connectivity index (χ2n) is 4.50. The van der Waals surface area contributed by atoms with Gasteiger partial charge in [-0.1, -0.05) is 24.3 Å². The third kappa shape index (κ3) is 3.02. The van der Waals surface area contributed by atoms with Crippen LogP contribution in [0.15, 0.2) is 60.9 Å². The van der Waals surface area contributed by atoms with Crippen LogP contribution in [0.5, 0.6) is 5.88 Å². The predicted molar refractivity (Wildman–Crippen MR) is 81.7 cm³/mol. The first kappa shape index (κ1) is 13.2. The van der Waals surface area contributed by atoms with Crippen molar-refractivity contribution in [3.63, 3.8) is 0 Å². The summed E-state index contributed by atoms with van der Waals surface area (Å²) < 4.78 is 6.98. The summed E-state index contributed by atoms with van der Waals surface area (Å²) in [5, 5.41) is 7.59. The number of methoxy groups -OCH3 is 1. The molecular formula is C16H16N4O. The molecule has 2 aromatic heterocycles. The Labute approximate surface area is 123 Å². The summed E-state index contributed by atoms with van der Waals surface area (Å²) in [7, 11) is 1.61. The SMILES string of the molecule is COc1cccc(NCc2ccccc2-n2cccn2)n1. The minimum atomic E-state index is 0.598. The van der Waals surface area contributed by atoms with Crippen LogP contribution in [0.2, 0.25) is 0 Å². The topological polar surface area (TPSA) is 52.0 Å². The van der Waals surface area contributed by atoms with E-state index in [0.29, 0.717) is 12.4 Å². The fourth-order valence-electron chi connectivity index (χ4n) is 2.11. The normalized spacial score (nSPS) is 10.3. The number of rotatable bonds is 5. The van der Waals surface area contributed by atoms with Crippen molar-refractivity contribution in [2.24, 2.45) is 0 Å². The van der Waals surface area contributed by atoms with Gasteiger partial charge < -0.3 is 10.1 Å². The first-order chi connectivity index (χ1) is 10.4. The molecule has 0 unspecified atom stereocenters. The molecule has 3 rings (SSSR count). The molecule has 21 heavy (non-hydrogen) atoms. The minimum absolute atomic E-state index is 0.598. The molecule has 0 fully saturated rings. The van der Waals surface area contributed by atoms with E-state index in [-0.39, 0.29) is 0 Å². The summed E-state index contributed by atoms with van der Waals surface area (Å²) in [5.41, 5.74) is 2.20. The summed E-state index contributed by atoms with van der Waals surface area (Å²) in [6.45, 7) is 0.663. The Morgan fingerprint density at radius 2 is 2.00 bits per heavy atom. The molecule has 0 aliphatic heterocycles. The number of benzene rings is 1. The van der Waals surface area contributed by atoms with E-state index >= 15 is 0 Å². The summed E-state index contributed by atoms with van der Waals surface area (Å²) in [5.74, 6) is 1.38. The van der Waals surface area contributed by atoms with Gasteiger partial charge in [-0.2, -0.15) is 10.1 Å². The highest BCUT2D eigenvalue weighted by Crippen LogP contribution is 2.16. The molecular weight excluding hydrogens is 264 g/mol. The van der Waals surface area contributed by atoms with Gasteiger partial charge in [0.2, 0.25) is 5.88 Å². The fourth-order valence-corrected chi connectivity index (χ4v) is 2.11. The Morgan fingerprint density at radius 3 is 2.81 bits per heavy atom. The first-order valence-electron chi connectivity index (χ1n) is 6.69. The summed E-state index contributed by atoms with van der Waals surface area (Å²) in [6.07, 6.45) is 3.70. The second-order valence-corrected chi connectivity index (χ2v) is 4.50. The lowest BCUT2D eigenvalue weighted by atomic mass is 10.2. The van der Waals surface area contributed by atoms with E-state index in [1.165, 1.54) is 0 Å². The van der Waals surface area contributed by atoms with Crippen LogP contribution in [0.25, 0.3) is 5.69 Å². The number of para-hydroxylation sites is 1. The summed E-state index contributed by atoms with van der Waals surface area (Å²) in [6, 6.07) is 15.7. The van der Waals surface area contributed by atoms with Crippen LogP contribution >= 0.6 is 0 Å². The van der Waals surface area contributed by atoms with E-state index in [1.807, 2.05) is 53.3 Å². The van der Waals surface area contributed by atoms with E-state index < -0.39 is 0 Å². The third-order valence-electron chi connectivity index (χ3n) is 3.14. The lowest BCUT2D eigenvalue weighted by Gasteiger charge is -2.11. The van der Waals surface area contributed by atoms with Gasteiger partial charge in [-0.25, -0.2) is 4.68 Å². The second kappa shape index (κ2) is 6.09. The Hall–Kier alpha value is -2.82. The third-order valence-corrected chi connectivity index (χ3v) is 3.14. The van der Waals surface area contributed by atoms with E-state index in [2.05, 4.69) is 21.5 Å². The highest BCUT2D eigenvalue weighted by atomic mass is 16.5. The Morgan fingerprint density at radius 1 is 1.10 bits per heavy atom. The van der Waals surface area contributed by atoms with Crippen molar-refractivity contribution < 1.29 is 4.74 Å². The van der Waals surface area contributed by atoms with Gasteiger partial charge in [0.25, 0.3) is 0 Å². The molecule has 0 atom stereocenters. The van der Waals surface area contributed by atoms with Crippen LogP contribution in [0, 0.1) is 0 Å². The van der Waals surface area contributed by atoms with Crippen LogP contribution in [0.3, 0.4) is 0 Å². The van der Waals surface area contributed by atoms with E-state index in [4.69, 9.17) is 4.74 Å².